The Bertz CT molecular complexity index is 627. The van der Waals surface area contributed by atoms with Crippen LogP contribution in [0.5, 0.6) is 0 Å². The highest BCUT2D eigenvalue weighted by molar-refractivity contribution is 5.99. The molecule has 5 nitrogen and oxygen atoms in total. The van der Waals surface area contributed by atoms with Gasteiger partial charge in [0.15, 0.2) is 0 Å². The zero-order valence-corrected chi connectivity index (χ0v) is 14.1. The molecule has 0 radical (unpaired) electrons. The first-order valence-electron chi connectivity index (χ1n) is 9.26. The molecule has 3 heterocycles. The van der Waals surface area contributed by atoms with Gasteiger partial charge in [-0.3, -0.25) is 14.6 Å². The zero-order chi connectivity index (χ0) is 16.6. The molecule has 0 aromatic carbocycles. The number of carbonyl (C=O) groups is 2. The Hall–Kier alpha value is -1.91. The number of pyridine rings is 1. The van der Waals surface area contributed by atoms with Crippen LogP contribution in [0.1, 0.15) is 61.9 Å². The molecule has 1 aromatic heterocycles. The lowest BCUT2D eigenvalue weighted by atomic mass is 9.92. The minimum absolute atomic E-state index is 0.0908. The van der Waals surface area contributed by atoms with E-state index in [1.54, 1.807) is 12.3 Å². The normalized spacial score (nSPS) is 28.1. The summed E-state index contributed by atoms with van der Waals surface area (Å²) >= 11 is 0. The molecule has 1 aromatic rings. The molecule has 1 spiro atoms. The van der Waals surface area contributed by atoms with Gasteiger partial charge in [0, 0.05) is 25.3 Å². The van der Waals surface area contributed by atoms with Gasteiger partial charge in [-0.1, -0.05) is 25.3 Å². The summed E-state index contributed by atoms with van der Waals surface area (Å²) in [5.41, 5.74) is -0.158. The summed E-state index contributed by atoms with van der Waals surface area (Å²) in [6.07, 6.45) is 10.1. The van der Waals surface area contributed by atoms with Crippen LogP contribution in [0.25, 0.3) is 0 Å². The van der Waals surface area contributed by atoms with E-state index in [-0.39, 0.29) is 11.8 Å². The van der Waals surface area contributed by atoms with E-state index in [4.69, 9.17) is 0 Å². The van der Waals surface area contributed by atoms with Gasteiger partial charge in [-0.25, -0.2) is 0 Å². The largest absolute Gasteiger partial charge is 0.338 e. The number of amides is 2. The van der Waals surface area contributed by atoms with E-state index >= 15 is 0 Å². The summed E-state index contributed by atoms with van der Waals surface area (Å²) in [6, 6.07) is 5.76. The zero-order valence-electron chi connectivity index (χ0n) is 14.1. The number of carbonyl (C=O) groups excluding carboxylic acids is 2. The van der Waals surface area contributed by atoms with E-state index in [1.807, 2.05) is 17.0 Å². The SMILES string of the molecule is O=C(c1ccccn1)N1CCCC12CCN(C1CCCCC1)C2=O. The number of hydrogen-bond acceptors (Lipinski definition) is 3. The van der Waals surface area contributed by atoms with Gasteiger partial charge in [0.2, 0.25) is 5.91 Å². The lowest BCUT2D eigenvalue weighted by Gasteiger charge is -2.36. The summed E-state index contributed by atoms with van der Waals surface area (Å²) in [6.45, 7) is 1.47. The predicted octanol–water partition coefficient (Wildman–Crippen LogP) is 2.62. The Balaban J connectivity index is 1.57. The van der Waals surface area contributed by atoms with Gasteiger partial charge < -0.3 is 9.80 Å². The van der Waals surface area contributed by atoms with E-state index in [2.05, 4.69) is 9.88 Å². The molecule has 4 rings (SSSR count). The average Bonchev–Trinajstić information content (AvgIpc) is 3.21. The molecule has 24 heavy (non-hydrogen) atoms. The average molecular weight is 327 g/mol. The molecule has 128 valence electrons. The fraction of sp³-hybridized carbons (Fsp3) is 0.632. The first kappa shape index (κ1) is 15.6. The Kier molecular flexibility index (Phi) is 4.02. The van der Waals surface area contributed by atoms with Crippen molar-refractivity contribution in [2.24, 2.45) is 0 Å². The Morgan fingerprint density at radius 2 is 1.92 bits per heavy atom. The molecular weight excluding hydrogens is 302 g/mol. The van der Waals surface area contributed by atoms with Gasteiger partial charge in [-0.2, -0.15) is 0 Å². The van der Waals surface area contributed by atoms with E-state index in [0.717, 1.165) is 38.6 Å². The van der Waals surface area contributed by atoms with Crippen LogP contribution >= 0.6 is 0 Å². The summed E-state index contributed by atoms with van der Waals surface area (Å²) in [5.74, 6) is 0.100. The fourth-order valence-corrected chi connectivity index (χ4v) is 4.81. The molecule has 3 aliphatic rings. The molecule has 2 saturated heterocycles. The van der Waals surface area contributed by atoms with Crippen LogP contribution in [0.15, 0.2) is 24.4 Å². The highest BCUT2D eigenvalue weighted by atomic mass is 16.2. The number of rotatable bonds is 2. The van der Waals surface area contributed by atoms with Crippen LogP contribution in [-0.2, 0) is 4.79 Å². The molecule has 3 fully saturated rings. The minimum atomic E-state index is -0.605. The summed E-state index contributed by atoms with van der Waals surface area (Å²) in [7, 11) is 0. The highest BCUT2D eigenvalue weighted by Gasteiger charge is 2.56. The van der Waals surface area contributed by atoms with Crippen LogP contribution in [0.3, 0.4) is 0 Å². The summed E-state index contributed by atoms with van der Waals surface area (Å²) in [5, 5.41) is 0. The van der Waals surface area contributed by atoms with Crippen molar-refractivity contribution in [3.63, 3.8) is 0 Å². The maximum absolute atomic E-state index is 13.3. The van der Waals surface area contributed by atoms with Gasteiger partial charge in [0.05, 0.1) is 0 Å². The summed E-state index contributed by atoms with van der Waals surface area (Å²) < 4.78 is 0. The Labute approximate surface area is 143 Å². The molecule has 0 bridgehead atoms. The van der Waals surface area contributed by atoms with Crippen LogP contribution in [-0.4, -0.2) is 51.3 Å². The number of nitrogens with zero attached hydrogens (tertiary/aromatic N) is 3. The first-order valence-corrected chi connectivity index (χ1v) is 9.26. The third-order valence-electron chi connectivity index (χ3n) is 6.06. The van der Waals surface area contributed by atoms with Crippen LogP contribution in [0.4, 0.5) is 0 Å². The second kappa shape index (κ2) is 6.19. The van der Waals surface area contributed by atoms with E-state index in [0.29, 0.717) is 18.3 Å². The quantitative estimate of drug-likeness (QED) is 0.839. The predicted molar refractivity (Wildman–Crippen MR) is 90.4 cm³/mol. The van der Waals surface area contributed by atoms with Crippen molar-refractivity contribution in [1.82, 2.24) is 14.8 Å². The molecular formula is C19H25N3O2. The van der Waals surface area contributed by atoms with Gasteiger partial charge in [-0.05, 0) is 44.2 Å². The molecule has 5 heteroatoms. The molecule has 1 saturated carbocycles. The van der Waals surface area contributed by atoms with Crippen LogP contribution in [0, 0.1) is 0 Å². The number of hydrogen-bond donors (Lipinski definition) is 0. The number of aromatic nitrogens is 1. The molecule has 2 aliphatic heterocycles. The van der Waals surface area contributed by atoms with Crippen LogP contribution < -0.4 is 0 Å². The van der Waals surface area contributed by atoms with Crippen molar-refractivity contribution in [1.29, 1.82) is 0 Å². The maximum atomic E-state index is 13.3. The summed E-state index contributed by atoms with van der Waals surface area (Å²) in [4.78, 5) is 34.3. The monoisotopic (exact) mass is 327 g/mol. The van der Waals surface area contributed by atoms with Crippen molar-refractivity contribution in [3.05, 3.63) is 30.1 Å². The van der Waals surface area contributed by atoms with Crippen molar-refractivity contribution in [3.8, 4) is 0 Å². The number of likely N-dealkylation sites (tertiary alicyclic amines) is 2. The Morgan fingerprint density at radius 3 is 2.67 bits per heavy atom. The maximum Gasteiger partial charge on any atom is 0.273 e. The van der Waals surface area contributed by atoms with Crippen molar-refractivity contribution < 1.29 is 9.59 Å². The second-order valence-electron chi connectivity index (χ2n) is 7.35. The smallest absolute Gasteiger partial charge is 0.273 e. The third-order valence-corrected chi connectivity index (χ3v) is 6.06. The molecule has 1 aliphatic carbocycles. The lowest BCUT2D eigenvalue weighted by Crippen LogP contribution is -2.54. The van der Waals surface area contributed by atoms with Crippen molar-refractivity contribution in [2.45, 2.75) is 62.9 Å². The third kappa shape index (κ3) is 2.41. The first-order chi connectivity index (χ1) is 11.7. The van der Waals surface area contributed by atoms with Gasteiger partial charge in [0.1, 0.15) is 11.2 Å². The lowest BCUT2D eigenvalue weighted by molar-refractivity contribution is -0.138. The second-order valence-corrected chi connectivity index (χ2v) is 7.35. The highest BCUT2D eigenvalue weighted by Crippen LogP contribution is 2.41. The van der Waals surface area contributed by atoms with Gasteiger partial charge in [0.25, 0.3) is 5.91 Å². The molecule has 1 unspecified atom stereocenters. The fourth-order valence-electron chi connectivity index (χ4n) is 4.81. The Morgan fingerprint density at radius 1 is 1.08 bits per heavy atom. The van der Waals surface area contributed by atoms with E-state index in [9.17, 15) is 9.59 Å². The molecule has 1 atom stereocenters. The van der Waals surface area contributed by atoms with Crippen molar-refractivity contribution >= 4 is 11.8 Å². The van der Waals surface area contributed by atoms with Crippen molar-refractivity contribution in [2.75, 3.05) is 13.1 Å². The molecule has 2 amide bonds. The van der Waals surface area contributed by atoms with Gasteiger partial charge >= 0.3 is 0 Å². The van der Waals surface area contributed by atoms with Gasteiger partial charge in [-0.15, -0.1) is 0 Å². The molecule has 0 N–H and O–H groups in total. The van der Waals surface area contributed by atoms with Crippen LogP contribution in [0.2, 0.25) is 0 Å². The standard InChI is InChI=1S/C19H25N3O2/c23-17(16-9-4-5-12-20-16)22-13-6-10-19(22)11-14-21(18(19)24)15-7-2-1-3-8-15/h4-5,9,12,15H,1-3,6-8,10-11,13-14H2. The minimum Gasteiger partial charge on any atom is -0.338 e. The topological polar surface area (TPSA) is 53.5 Å². The van der Waals surface area contributed by atoms with E-state index < -0.39 is 5.54 Å². The van der Waals surface area contributed by atoms with E-state index in [1.165, 1.54) is 19.3 Å².